The summed E-state index contributed by atoms with van der Waals surface area (Å²) in [4.78, 5) is 13.8. The number of nitrogens with zero attached hydrogens (tertiary/aromatic N) is 1. The molecule has 1 amide bonds. The molecule has 2 aromatic rings. The van der Waals surface area contributed by atoms with Gasteiger partial charge in [0.1, 0.15) is 5.82 Å². The van der Waals surface area contributed by atoms with Gasteiger partial charge >= 0.3 is 0 Å². The first-order chi connectivity index (χ1) is 11.0. The molecule has 3 nitrogen and oxygen atoms in total. The molecule has 0 aliphatic carbocycles. The van der Waals surface area contributed by atoms with Crippen LogP contribution >= 0.6 is 11.6 Å². The predicted molar refractivity (Wildman–Crippen MR) is 90.9 cm³/mol. The molecule has 0 bridgehead atoms. The first-order valence-corrected chi connectivity index (χ1v) is 7.85. The maximum absolute atomic E-state index is 12.8. The summed E-state index contributed by atoms with van der Waals surface area (Å²) >= 11 is 6.11. The number of benzene rings is 2. The number of nitrogens with one attached hydrogen (secondary N) is 1. The Bertz CT molecular complexity index is 646. The molecule has 0 aliphatic rings. The van der Waals surface area contributed by atoms with Crippen molar-refractivity contribution < 1.29 is 9.18 Å². The Balaban J connectivity index is 1.72. The largest absolute Gasteiger partial charge is 0.355 e. The quantitative estimate of drug-likeness (QED) is 0.843. The molecule has 2 aromatic carbocycles. The summed E-state index contributed by atoms with van der Waals surface area (Å²) in [6.45, 7) is 1.45. The number of likely N-dealkylation sites (N-methyl/N-ethyl adjacent to an activating group) is 1. The third-order valence-corrected chi connectivity index (χ3v) is 3.83. The molecule has 122 valence electrons. The third-order valence-electron chi connectivity index (χ3n) is 3.46. The van der Waals surface area contributed by atoms with Crippen LogP contribution < -0.4 is 5.32 Å². The van der Waals surface area contributed by atoms with Gasteiger partial charge in [-0.1, -0.05) is 41.9 Å². The van der Waals surface area contributed by atoms with E-state index in [1.807, 2.05) is 36.2 Å². The molecule has 0 saturated heterocycles. The van der Waals surface area contributed by atoms with Gasteiger partial charge in [-0.15, -0.1) is 0 Å². The van der Waals surface area contributed by atoms with Crippen LogP contribution in [0.1, 0.15) is 11.1 Å². The first kappa shape index (κ1) is 17.4. The van der Waals surface area contributed by atoms with Crippen molar-refractivity contribution in [3.63, 3.8) is 0 Å². The van der Waals surface area contributed by atoms with Crippen molar-refractivity contribution in [2.75, 3.05) is 20.1 Å². The van der Waals surface area contributed by atoms with Crippen molar-refractivity contribution >= 4 is 17.5 Å². The van der Waals surface area contributed by atoms with Crippen molar-refractivity contribution in [3.8, 4) is 0 Å². The van der Waals surface area contributed by atoms with Crippen molar-refractivity contribution in [1.82, 2.24) is 10.2 Å². The van der Waals surface area contributed by atoms with Crippen LogP contribution in [-0.4, -0.2) is 30.9 Å². The van der Waals surface area contributed by atoms with Crippen molar-refractivity contribution in [2.45, 2.75) is 13.0 Å². The first-order valence-electron chi connectivity index (χ1n) is 7.47. The van der Waals surface area contributed by atoms with Gasteiger partial charge in [0.25, 0.3) is 0 Å². The van der Waals surface area contributed by atoms with Crippen molar-refractivity contribution in [3.05, 3.63) is 70.5 Å². The molecule has 0 heterocycles. The minimum atomic E-state index is -0.251. The van der Waals surface area contributed by atoms with E-state index in [-0.39, 0.29) is 11.7 Å². The summed E-state index contributed by atoms with van der Waals surface area (Å²) in [5.74, 6) is -0.291. The molecule has 0 radical (unpaired) electrons. The molecule has 5 heteroatoms. The van der Waals surface area contributed by atoms with E-state index in [2.05, 4.69) is 5.32 Å². The van der Waals surface area contributed by atoms with Crippen LogP contribution in [0.25, 0.3) is 0 Å². The predicted octanol–water partition coefficient (Wildman–Crippen LogP) is 3.27. The van der Waals surface area contributed by atoms with E-state index in [4.69, 9.17) is 11.6 Å². The average molecular weight is 335 g/mol. The highest BCUT2D eigenvalue weighted by Gasteiger charge is 2.08. The normalized spacial score (nSPS) is 10.8. The topological polar surface area (TPSA) is 32.3 Å². The van der Waals surface area contributed by atoms with Crippen LogP contribution in [0.4, 0.5) is 4.39 Å². The minimum Gasteiger partial charge on any atom is -0.355 e. The van der Waals surface area contributed by atoms with Crippen LogP contribution in [0, 0.1) is 5.82 Å². The van der Waals surface area contributed by atoms with Gasteiger partial charge in [0, 0.05) is 18.1 Å². The Morgan fingerprint density at radius 1 is 1.17 bits per heavy atom. The van der Waals surface area contributed by atoms with Gasteiger partial charge in [0.2, 0.25) is 5.91 Å². The summed E-state index contributed by atoms with van der Waals surface area (Å²) in [7, 11) is 1.88. The van der Waals surface area contributed by atoms with E-state index in [0.29, 0.717) is 31.1 Å². The van der Waals surface area contributed by atoms with Gasteiger partial charge in [-0.3, -0.25) is 9.69 Å². The second-order valence-corrected chi connectivity index (χ2v) is 5.90. The number of hydrogen-bond donors (Lipinski definition) is 1. The fourth-order valence-electron chi connectivity index (χ4n) is 2.27. The summed E-state index contributed by atoms with van der Waals surface area (Å²) in [5, 5.41) is 3.57. The average Bonchev–Trinajstić information content (AvgIpc) is 2.51. The molecule has 2 rings (SSSR count). The minimum absolute atomic E-state index is 0.0401. The molecule has 0 atom stereocenters. The molecule has 1 N–H and O–H groups in total. The van der Waals surface area contributed by atoms with E-state index in [1.165, 1.54) is 12.1 Å². The fourth-order valence-corrected chi connectivity index (χ4v) is 2.47. The highest BCUT2D eigenvalue weighted by molar-refractivity contribution is 6.31. The van der Waals surface area contributed by atoms with E-state index >= 15 is 0 Å². The molecule has 0 aliphatic heterocycles. The van der Waals surface area contributed by atoms with Crippen LogP contribution in [0.15, 0.2) is 48.5 Å². The highest BCUT2D eigenvalue weighted by Crippen LogP contribution is 2.16. The van der Waals surface area contributed by atoms with Gasteiger partial charge in [-0.05, 0) is 42.8 Å². The second kappa shape index (κ2) is 8.65. The van der Waals surface area contributed by atoms with E-state index < -0.39 is 0 Å². The number of amides is 1. The zero-order valence-corrected chi connectivity index (χ0v) is 13.8. The number of rotatable bonds is 7. The lowest BCUT2D eigenvalue weighted by Crippen LogP contribution is -2.35. The molecule has 0 spiro atoms. The molecule has 0 aromatic heterocycles. The van der Waals surface area contributed by atoms with Crippen molar-refractivity contribution in [2.24, 2.45) is 0 Å². The zero-order chi connectivity index (χ0) is 16.7. The Morgan fingerprint density at radius 2 is 1.87 bits per heavy atom. The maximum Gasteiger partial charge on any atom is 0.234 e. The lowest BCUT2D eigenvalue weighted by atomic mass is 10.1. The maximum atomic E-state index is 12.8. The number of carbonyl (C=O) groups is 1. The SMILES string of the molecule is CN(CC(=O)NCCc1ccc(F)cc1)Cc1ccccc1Cl. The number of halogens is 2. The van der Waals surface area contributed by atoms with E-state index in [9.17, 15) is 9.18 Å². The van der Waals surface area contributed by atoms with Crippen LogP contribution in [0.2, 0.25) is 5.02 Å². The van der Waals surface area contributed by atoms with Gasteiger partial charge in [-0.25, -0.2) is 4.39 Å². The van der Waals surface area contributed by atoms with Crippen LogP contribution in [0.5, 0.6) is 0 Å². The van der Waals surface area contributed by atoms with Crippen LogP contribution in [0.3, 0.4) is 0 Å². The Morgan fingerprint density at radius 3 is 2.57 bits per heavy atom. The van der Waals surface area contributed by atoms with Gasteiger partial charge in [0.15, 0.2) is 0 Å². The van der Waals surface area contributed by atoms with Crippen molar-refractivity contribution in [1.29, 1.82) is 0 Å². The standard InChI is InChI=1S/C18H20ClFN2O/c1-22(12-15-4-2-3-5-17(15)19)13-18(23)21-11-10-14-6-8-16(20)9-7-14/h2-9H,10-13H2,1H3,(H,21,23). The molecule has 0 saturated carbocycles. The molecule has 0 fully saturated rings. The molecule has 23 heavy (non-hydrogen) atoms. The Hall–Kier alpha value is -1.91. The fraction of sp³-hybridized carbons (Fsp3) is 0.278. The Kier molecular flexibility index (Phi) is 6.56. The summed E-state index contributed by atoms with van der Waals surface area (Å²) in [6, 6.07) is 13.9. The zero-order valence-electron chi connectivity index (χ0n) is 13.1. The van der Waals surface area contributed by atoms with Gasteiger partial charge in [-0.2, -0.15) is 0 Å². The lowest BCUT2D eigenvalue weighted by Gasteiger charge is -2.17. The smallest absolute Gasteiger partial charge is 0.234 e. The number of hydrogen-bond acceptors (Lipinski definition) is 2. The number of carbonyl (C=O) groups excluding carboxylic acids is 1. The summed E-state index contributed by atoms with van der Waals surface area (Å²) < 4.78 is 12.8. The summed E-state index contributed by atoms with van der Waals surface area (Å²) in [5.41, 5.74) is 1.99. The molecular weight excluding hydrogens is 315 g/mol. The van der Waals surface area contributed by atoms with Gasteiger partial charge in [0.05, 0.1) is 6.54 Å². The monoisotopic (exact) mass is 334 g/mol. The lowest BCUT2D eigenvalue weighted by molar-refractivity contribution is -0.122. The van der Waals surface area contributed by atoms with E-state index in [1.54, 1.807) is 12.1 Å². The molecular formula is C18H20ClFN2O. The van der Waals surface area contributed by atoms with Gasteiger partial charge < -0.3 is 5.32 Å². The highest BCUT2D eigenvalue weighted by atomic mass is 35.5. The van der Waals surface area contributed by atoms with Crippen LogP contribution in [-0.2, 0) is 17.8 Å². The second-order valence-electron chi connectivity index (χ2n) is 5.49. The third kappa shape index (κ3) is 6.00. The summed E-state index contributed by atoms with van der Waals surface area (Å²) in [6.07, 6.45) is 0.681. The van der Waals surface area contributed by atoms with E-state index in [0.717, 1.165) is 11.1 Å². The Labute approximate surface area is 141 Å². The molecule has 0 unspecified atom stereocenters.